The number of rotatable bonds is 7. The van der Waals surface area contributed by atoms with Crippen LogP contribution in [0.3, 0.4) is 0 Å². The van der Waals surface area contributed by atoms with E-state index in [2.05, 4.69) is 53.5 Å². The van der Waals surface area contributed by atoms with Crippen LogP contribution in [-0.4, -0.2) is 6.54 Å². The molecule has 2 rings (SSSR count). The molecule has 1 unspecified atom stereocenters. The maximum absolute atomic E-state index is 3.88. The fraction of sp³-hybridized carbons (Fsp3) is 0.765. The Hall–Kier alpha value is 0.140. The minimum atomic E-state index is 0.469. The molecule has 3 heteroatoms. The quantitative estimate of drug-likeness (QED) is 0.616. The van der Waals surface area contributed by atoms with Gasteiger partial charge in [-0.15, -0.1) is 11.3 Å². The lowest BCUT2D eigenvalue weighted by molar-refractivity contribution is 0.157. The van der Waals surface area contributed by atoms with Gasteiger partial charge in [0.05, 0.1) is 0 Å². The van der Waals surface area contributed by atoms with E-state index >= 15 is 0 Å². The van der Waals surface area contributed by atoms with E-state index < -0.39 is 0 Å². The molecule has 0 amide bonds. The molecule has 1 aliphatic carbocycles. The normalized spacial score (nSPS) is 19.6. The second kappa shape index (κ2) is 7.42. The second-order valence-electron chi connectivity index (χ2n) is 6.69. The summed E-state index contributed by atoms with van der Waals surface area (Å²) in [5, 5.41) is 6.10. The third-order valence-corrected chi connectivity index (χ3v) is 6.47. The summed E-state index contributed by atoms with van der Waals surface area (Å²) < 4.78 is 1.30. The van der Waals surface area contributed by atoms with Gasteiger partial charge in [0, 0.05) is 15.4 Å². The van der Waals surface area contributed by atoms with Crippen LogP contribution >= 0.6 is 27.3 Å². The van der Waals surface area contributed by atoms with Crippen LogP contribution in [0.4, 0.5) is 0 Å². The Kier molecular flexibility index (Phi) is 6.12. The van der Waals surface area contributed by atoms with Crippen molar-refractivity contribution in [2.75, 3.05) is 6.54 Å². The first-order chi connectivity index (χ1) is 9.59. The first kappa shape index (κ1) is 16.5. The molecule has 0 bridgehead atoms. The highest BCUT2D eigenvalue weighted by Crippen LogP contribution is 2.53. The first-order valence-electron chi connectivity index (χ1n) is 8.05. The van der Waals surface area contributed by atoms with E-state index in [1.165, 1.54) is 47.9 Å². The summed E-state index contributed by atoms with van der Waals surface area (Å²) in [6.07, 6.45) is 8.13. The third-order valence-electron chi connectivity index (χ3n) is 4.53. The molecule has 0 aliphatic heterocycles. The number of halogens is 1. The predicted octanol–water partition coefficient (Wildman–Crippen LogP) is 6.16. The molecular weight excluding hydrogens is 330 g/mol. The summed E-state index contributed by atoms with van der Waals surface area (Å²) in [4.78, 5) is 1.51. The minimum Gasteiger partial charge on any atom is -0.309 e. The summed E-state index contributed by atoms with van der Waals surface area (Å²) >= 11 is 5.68. The van der Waals surface area contributed by atoms with Gasteiger partial charge in [0.1, 0.15) is 0 Å². The van der Waals surface area contributed by atoms with Crippen LogP contribution in [0.2, 0.25) is 0 Å². The average molecular weight is 358 g/mol. The zero-order valence-electron chi connectivity index (χ0n) is 13.0. The largest absolute Gasteiger partial charge is 0.309 e. The molecule has 1 fully saturated rings. The zero-order valence-corrected chi connectivity index (χ0v) is 15.4. The Morgan fingerprint density at radius 3 is 2.55 bits per heavy atom. The summed E-state index contributed by atoms with van der Waals surface area (Å²) in [6, 6.07) is 2.74. The van der Waals surface area contributed by atoms with Crippen molar-refractivity contribution in [3.8, 4) is 0 Å². The Balaban J connectivity index is 2.29. The van der Waals surface area contributed by atoms with Gasteiger partial charge >= 0.3 is 0 Å². The lowest BCUT2D eigenvalue weighted by Crippen LogP contribution is -2.37. The Bertz CT molecular complexity index is 407. The molecule has 1 aromatic rings. The molecule has 1 aromatic heterocycles. The third kappa shape index (κ3) is 3.66. The van der Waals surface area contributed by atoms with Crippen molar-refractivity contribution in [1.82, 2.24) is 5.32 Å². The van der Waals surface area contributed by atoms with Crippen LogP contribution in [0.5, 0.6) is 0 Å². The molecule has 0 spiro atoms. The Labute approximate surface area is 136 Å². The van der Waals surface area contributed by atoms with Crippen molar-refractivity contribution in [3.05, 3.63) is 20.8 Å². The lowest BCUT2D eigenvalue weighted by Gasteiger charge is -2.39. The van der Waals surface area contributed by atoms with Crippen molar-refractivity contribution in [3.63, 3.8) is 0 Å². The average Bonchev–Trinajstić information content (AvgIpc) is 3.00. The second-order valence-corrected chi connectivity index (χ2v) is 8.49. The number of thiophene rings is 1. The van der Waals surface area contributed by atoms with Crippen LogP contribution in [0.25, 0.3) is 0 Å². The Morgan fingerprint density at radius 1 is 1.35 bits per heavy atom. The van der Waals surface area contributed by atoms with Gasteiger partial charge in [-0.3, -0.25) is 0 Å². The fourth-order valence-corrected chi connectivity index (χ4v) is 5.71. The lowest BCUT2D eigenvalue weighted by atomic mass is 9.72. The molecule has 1 N–H and O–H groups in total. The number of hydrogen-bond acceptors (Lipinski definition) is 2. The maximum atomic E-state index is 3.88. The fourth-order valence-electron chi connectivity index (χ4n) is 3.89. The van der Waals surface area contributed by atoms with Gasteiger partial charge in [0.25, 0.3) is 0 Å². The highest BCUT2D eigenvalue weighted by atomic mass is 79.9. The minimum absolute atomic E-state index is 0.469. The molecule has 20 heavy (non-hydrogen) atoms. The van der Waals surface area contributed by atoms with E-state index in [1.807, 2.05) is 11.3 Å². The maximum Gasteiger partial charge on any atom is 0.0483 e. The van der Waals surface area contributed by atoms with Crippen LogP contribution in [0.15, 0.2) is 15.9 Å². The summed E-state index contributed by atoms with van der Waals surface area (Å²) in [7, 11) is 0. The smallest absolute Gasteiger partial charge is 0.0483 e. The van der Waals surface area contributed by atoms with Crippen LogP contribution in [-0.2, 0) is 0 Å². The van der Waals surface area contributed by atoms with E-state index in [-0.39, 0.29) is 0 Å². The Morgan fingerprint density at radius 2 is 2.05 bits per heavy atom. The summed E-state index contributed by atoms with van der Waals surface area (Å²) in [6.45, 7) is 8.13. The monoisotopic (exact) mass is 357 g/mol. The van der Waals surface area contributed by atoms with Gasteiger partial charge in [-0.2, -0.15) is 0 Å². The molecular formula is C17H28BrNS. The standard InChI is InChI=1S/C17H28BrNS/c1-4-10-19-16(15-14(18)7-11-20-15)17(12-13(2)3)8-5-6-9-17/h7,11,13,16,19H,4-6,8-10,12H2,1-3H3. The summed E-state index contributed by atoms with van der Waals surface area (Å²) in [5.41, 5.74) is 0.469. The van der Waals surface area contributed by atoms with Gasteiger partial charge in [-0.05, 0) is 70.9 Å². The van der Waals surface area contributed by atoms with Crippen molar-refractivity contribution in [1.29, 1.82) is 0 Å². The zero-order chi connectivity index (χ0) is 14.6. The molecule has 1 atom stereocenters. The molecule has 1 aliphatic rings. The molecule has 0 aromatic carbocycles. The molecule has 1 nitrogen and oxygen atoms in total. The van der Waals surface area contributed by atoms with E-state index in [0.29, 0.717) is 11.5 Å². The highest BCUT2D eigenvalue weighted by molar-refractivity contribution is 9.10. The topological polar surface area (TPSA) is 12.0 Å². The van der Waals surface area contributed by atoms with Gasteiger partial charge in [-0.1, -0.05) is 33.6 Å². The van der Waals surface area contributed by atoms with E-state index in [0.717, 1.165) is 12.5 Å². The first-order valence-corrected chi connectivity index (χ1v) is 9.72. The number of nitrogens with one attached hydrogen (secondary N) is 1. The molecule has 0 radical (unpaired) electrons. The number of hydrogen-bond donors (Lipinski definition) is 1. The molecule has 0 saturated heterocycles. The molecule has 1 saturated carbocycles. The van der Waals surface area contributed by atoms with Gasteiger partial charge in [0.15, 0.2) is 0 Å². The van der Waals surface area contributed by atoms with Crippen molar-refractivity contribution in [2.24, 2.45) is 11.3 Å². The van der Waals surface area contributed by atoms with Crippen LogP contribution < -0.4 is 5.32 Å². The van der Waals surface area contributed by atoms with Crippen LogP contribution in [0, 0.1) is 11.3 Å². The predicted molar refractivity (Wildman–Crippen MR) is 93.4 cm³/mol. The van der Waals surface area contributed by atoms with Crippen molar-refractivity contribution >= 4 is 27.3 Å². The summed E-state index contributed by atoms with van der Waals surface area (Å²) in [5.74, 6) is 0.776. The molecule has 1 heterocycles. The van der Waals surface area contributed by atoms with Gasteiger partial charge in [-0.25, -0.2) is 0 Å². The van der Waals surface area contributed by atoms with Crippen molar-refractivity contribution < 1.29 is 0 Å². The van der Waals surface area contributed by atoms with Crippen LogP contribution in [0.1, 0.15) is 70.2 Å². The van der Waals surface area contributed by atoms with Gasteiger partial charge < -0.3 is 5.32 Å². The van der Waals surface area contributed by atoms with E-state index in [4.69, 9.17) is 0 Å². The SMILES string of the molecule is CCCNC(c1sccc1Br)C1(CC(C)C)CCCC1. The highest BCUT2D eigenvalue weighted by Gasteiger charge is 2.43. The van der Waals surface area contributed by atoms with Gasteiger partial charge in [0.2, 0.25) is 0 Å². The van der Waals surface area contributed by atoms with Crippen molar-refractivity contribution in [2.45, 2.75) is 65.3 Å². The van der Waals surface area contributed by atoms with E-state index in [1.54, 1.807) is 0 Å². The molecule has 114 valence electrons. The van der Waals surface area contributed by atoms with E-state index in [9.17, 15) is 0 Å².